The van der Waals surface area contributed by atoms with Crippen molar-refractivity contribution in [1.29, 1.82) is 0 Å². The summed E-state index contributed by atoms with van der Waals surface area (Å²) in [5, 5.41) is 12.1. The number of hydrogen-bond donors (Lipinski definition) is 1. The van der Waals surface area contributed by atoms with Crippen LogP contribution in [0.15, 0.2) is 53.0 Å². The van der Waals surface area contributed by atoms with E-state index in [0.29, 0.717) is 0 Å². The van der Waals surface area contributed by atoms with Gasteiger partial charge in [-0.15, -0.1) is 11.3 Å². The molecule has 0 fully saturated rings. The number of rotatable bonds is 4. The van der Waals surface area contributed by atoms with Crippen LogP contribution in [-0.4, -0.2) is 14.9 Å². The Kier molecular flexibility index (Phi) is 3.51. The molecule has 4 aromatic rings. The van der Waals surface area contributed by atoms with E-state index in [0.717, 1.165) is 25.8 Å². The highest BCUT2D eigenvalue weighted by Crippen LogP contribution is 2.34. The third kappa shape index (κ3) is 2.69. The normalized spacial score (nSPS) is 11.3. The number of nitrogens with one attached hydrogen (secondary N) is 1. The van der Waals surface area contributed by atoms with Gasteiger partial charge in [0.25, 0.3) is 5.69 Å². The number of nitro benzene ring substituents is 1. The van der Waals surface area contributed by atoms with Gasteiger partial charge in [0, 0.05) is 35.0 Å². The summed E-state index contributed by atoms with van der Waals surface area (Å²) in [5.74, 6) is 0.811. The SMILES string of the molecule is O=[N+]([O-])c1ccc2nc(SCc3c[nH]c4ccccc34)sc2c1. The van der Waals surface area contributed by atoms with E-state index in [2.05, 4.69) is 22.1 Å². The molecule has 0 aliphatic heterocycles. The van der Waals surface area contributed by atoms with E-state index in [1.807, 2.05) is 18.3 Å². The van der Waals surface area contributed by atoms with E-state index in [1.54, 1.807) is 23.9 Å². The lowest BCUT2D eigenvalue weighted by molar-refractivity contribution is -0.384. The largest absolute Gasteiger partial charge is 0.361 e. The molecule has 0 aliphatic carbocycles. The Hall–Kier alpha value is -2.38. The van der Waals surface area contributed by atoms with E-state index in [-0.39, 0.29) is 10.6 Å². The first kappa shape index (κ1) is 14.2. The molecule has 0 aliphatic rings. The molecule has 0 radical (unpaired) electrons. The molecule has 0 saturated heterocycles. The number of aromatic nitrogens is 2. The van der Waals surface area contributed by atoms with Gasteiger partial charge in [-0.25, -0.2) is 4.98 Å². The van der Waals surface area contributed by atoms with Crippen LogP contribution in [-0.2, 0) is 5.75 Å². The molecule has 2 heterocycles. The number of aromatic amines is 1. The molecule has 0 bridgehead atoms. The molecule has 23 heavy (non-hydrogen) atoms. The van der Waals surface area contributed by atoms with Crippen molar-refractivity contribution in [3.63, 3.8) is 0 Å². The quantitative estimate of drug-likeness (QED) is 0.323. The van der Waals surface area contributed by atoms with Crippen LogP contribution in [0.3, 0.4) is 0 Å². The van der Waals surface area contributed by atoms with Crippen LogP contribution in [0.5, 0.6) is 0 Å². The van der Waals surface area contributed by atoms with Gasteiger partial charge >= 0.3 is 0 Å². The van der Waals surface area contributed by atoms with Crippen molar-refractivity contribution < 1.29 is 4.92 Å². The molecule has 0 saturated carbocycles. The summed E-state index contributed by atoms with van der Waals surface area (Å²) in [6, 6.07) is 13.0. The summed E-state index contributed by atoms with van der Waals surface area (Å²) in [7, 11) is 0. The Labute approximate surface area is 139 Å². The second-order valence-corrected chi connectivity index (χ2v) is 7.29. The predicted octanol–water partition coefficient (Wildman–Crippen LogP) is 4.98. The van der Waals surface area contributed by atoms with Crippen molar-refractivity contribution in [2.45, 2.75) is 10.1 Å². The van der Waals surface area contributed by atoms with Crippen LogP contribution in [0.1, 0.15) is 5.56 Å². The fraction of sp³-hybridized carbons (Fsp3) is 0.0625. The minimum Gasteiger partial charge on any atom is -0.361 e. The number of para-hydroxylation sites is 1. The first-order valence-electron chi connectivity index (χ1n) is 6.93. The van der Waals surface area contributed by atoms with E-state index < -0.39 is 0 Å². The van der Waals surface area contributed by atoms with Gasteiger partial charge in [-0.05, 0) is 17.7 Å². The van der Waals surface area contributed by atoms with Crippen molar-refractivity contribution in [2.24, 2.45) is 0 Å². The number of nitrogens with zero attached hydrogens (tertiary/aromatic N) is 2. The maximum Gasteiger partial charge on any atom is 0.270 e. The summed E-state index contributed by atoms with van der Waals surface area (Å²) < 4.78 is 1.77. The van der Waals surface area contributed by atoms with E-state index in [1.165, 1.54) is 28.4 Å². The molecule has 0 spiro atoms. The number of fused-ring (bicyclic) bond motifs is 2. The number of thiazole rings is 1. The summed E-state index contributed by atoms with van der Waals surface area (Å²) >= 11 is 3.14. The Balaban J connectivity index is 1.59. The molecule has 1 N–H and O–H groups in total. The minimum absolute atomic E-state index is 0.106. The van der Waals surface area contributed by atoms with Gasteiger partial charge in [0.15, 0.2) is 4.34 Å². The Morgan fingerprint density at radius 1 is 1.26 bits per heavy atom. The molecule has 0 unspecified atom stereocenters. The Morgan fingerprint density at radius 3 is 3.00 bits per heavy atom. The topological polar surface area (TPSA) is 71.8 Å². The van der Waals surface area contributed by atoms with Gasteiger partial charge < -0.3 is 4.98 Å². The monoisotopic (exact) mass is 341 g/mol. The van der Waals surface area contributed by atoms with Crippen molar-refractivity contribution >= 4 is 49.9 Å². The van der Waals surface area contributed by atoms with E-state index in [4.69, 9.17) is 0 Å². The maximum absolute atomic E-state index is 10.8. The zero-order valence-corrected chi connectivity index (χ0v) is 13.5. The highest BCUT2D eigenvalue weighted by Gasteiger charge is 2.11. The van der Waals surface area contributed by atoms with Crippen LogP contribution in [0.2, 0.25) is 0 Å². The Morgan fingerprint density at radius 2 is 2.13 bits per heavy atom. The van der Waals surface area contributed by atoms with Crippen LogP contribution in [0.4, 0.5) is 5.69 Å². The second kappa shape index (κ2) is 5.68. The van der Waals surface area contributed by atoms with Gasteiger partial charge in [0.2, 0.25) is 0 Å². The summed E-state index contributed by atoms with van der Waals surface area (Å²) in [6.07, 6.45) is 2.02. The number of H-pyrrole nitrogens is 1. The van der Waals surface area contributed by atoms with Gasteiger partial charge in [-0.1, -0.05) is 30.0 Å². The zero-order chi connectivity index (χ0) is 15.8. The number of nitro groups is 1. The zero-order valence-electron chi connectivity index (χ0n) is 11.9. The summed E-state index contributed by atoms with van der Waals surface area (Å²) in [6.45, 7) is 0. The van der Waals surface area contributed by atoms with E-state index in [9.17, 15) is 10.1 Å². The standard InChI is InChI=1S/C16H11N3O2S2/c20-19(21)11-5-6-14-15(7-11)23-16(18-14)22-9-10-8-17-13-4-2-1-3-12(10)13/h1-8,17H,9H2. The number of hydrogen-bond acceptors (Lipinski definition) is 5. The fourth-order valence-electron chi connectivity index (χ4n) is 2.46. The summed E-state index contributed by atoms with van der Waals surface area (Å²) in [4.78, 5) is 18.3. The fourth-order valence-corrected chi connectivity index (χ4v) is 4.55. The van der Waals surface area contributed by atoms with E-state index >= 15 is 0 Å². The highest BCUT2D eigenvalue weighted by atomic mass is 32.2. The van der Waals surface area contributed by atoms with Gasteiger partial charge in [0.05, 0.1) is 15.1 Å². The average molecular weight is 341 g/mol. The smallest absolute Gasteiger partial charge is 0.270 e. The van der Waals surface area contributed by atoms with Crippen molar-refractivity contribution in [3.05, 3.63) is 64.3 Å². The maximum atomic E-state index is 10.8. The van der Waals surface area contributed by atoms with Gasteiger partial charge in [-0.3, -0.25) is 10.1 Å². The molecule has 2 aromatic carbocycles. The van der Waals surface area contributed by atoms with Crippen molar-refractivity contribution in [1.82, 2.24) is 9.97 Å². The van der Waals surface area contributed by atoms with Crippen molar-refractivity contribution in [3.8, 4) is 0 Å². The second-order valence-electron chi connectivity index (χ2n) is 5.04. The molecule has 0 amide bonds. The molecular formula is C16H11N3O2S2. The molecule has 2 aromatic heterocycles. The first-order valence-corrected chi connectivity index (χ1v) is 8.74. The van der Waals surface area contributed by atoms with Crippen LogP contribution >= 0.6 is 23.1 Å². The molecule has 7 heteroatoms. The third-order valence-electron chi connectivity index (χ3n) is 3.59. The third-order valence-corrected chi connectivity index (χ3v) is 5.80. The molecule has 0 atom stereocenters. The predicted molar refractivity (Wildman–Crippen MR) is 94.1 cm³/mol. The lowest BCUT2D eigenvalue weighted by Gasteiger charge is -1.96. The van der Waals surface area contributed by atoms with Crippen LogP contribution in [0.25, 0.3) is 21.1 Å². The molecule has 5 nitrogen and oxygen atoms in total. The van der Waals surface area contributed by atoms with Crippen LogP contribution in [0, 0.1) is 10.1 Å². The Bertz CT molecular complexity index is 1020. The molecular weight excluding hydrogens is 330 g/mol. The average Bonchev–Trinajstić information content (AvgIpc) is 3.15. The lowest BCUT2D eigenvalue weighted by atomic mass is 10.2. The number of non-ortho nitro benzene ring substituents is 1. The minimum atomic E-state index is -0.377. The highest BCUT2D eigenvalue weighted by molar-refractivity contribution is 8.00. The molecule has 114 valence electrons. The summed E-state index contributed by atoms with van der Waals surface area (Å²) in [5.41, 5.74) is 3.27. The number of benzene rings is 2. The molecule has 4 rings (SSSR count). The lowest BCUT2D eigenvalue weighted by Crippen LogP contribution is -1.85. The van der Waals surface area contributed by atoms with Crippen LogP contribution < -0.4 is 0 Å². The first-order chi connectivity index (χ1) is 11.2. The van der Waals surface area contributed by atoms with Crippen molar-refractivity contribution in [2.75, 3.05) is 0 Å². The van der Waals surface area contributed by atoms with Gasteiger partial charge in [0.1, 0.15) is 0 Å². The van der Waals surface area contributed by atoms with Gasteiger partial charge in [-0.2, -0.15) is 0 Å². The number of thioether (sulfide) groups is 1.